The van der Waals surface area contributed by atoms with Crippen molar-refractivity contribution in [2.45, 2.75) is 0 Å². The molecule has 2 aromatic rings. The van der Waals surface area contributed by atoms with Gasteiger partial charge in [0.15, 0.2) is 0 Å². The minimum absolute atomic E-state index is 0. The quantitative estimate of drug-likeness (QED) is 0.484. The van der Waals surface area contributed by atoms with Crippen molar-refractivity contribution in [2.24, 2.45) is 0 Å². The number of hydrogen-bond acceptors (Lipinski definition) is 2. The van der Waals surface area contributed by atoms with E-state index in [1.165, 1.54) is 0 Å². The second-order valence-electron chi connectivity index (χ2n) is 2.81. The van der Waals surface area contributed by atoms with Gasteiger partial charge in [-0.05, 0) is 10.8 Å². The van der Waals surface area contributed by atoms with Gasteiger partial charge in [0.2, 0.25) is 0 Å². The van der Waals surface area contributed by atoms with E-state index in [-0.39, 0.29) is 24.4 Å². The van der Waals surface area contributed by atoms with Crippen LogP contribution in [0.3, 0.4) is 0 Å². The van der Waals surface area contributed by atoms with E-state index in [0.29, 0.717) is 0 Å². The van der Waals surface area contributed by atoms with E-state index in [4.69, 9.17) is 0 Å². The van der Waals surface area contributed by atoms with Gasteiger partial charge in [0, 0.05) is 5.56 Å². The fourth-order valence-electron chi connectivity index (χ4n) is 1.40. The number of benzene rings is 2. The second-order valence-corrected chi connectivity index (χ2v) is 2.81. The number of carbonyl (C=O) groups is 1. The molecule has 2 rings (SSSR count). The second kappa shape index (κ2) is 4.32. The Kier molecular flexibility index (Phi) is 3.35. The third-order valence-electron chi connectivity index (χ3n) is 2.01. The van der Waals surface area contributed by atoms with Gasteiger partial charge < -0.3 is 9.90 Å². The molecule has 0 fully saturated rings. The Balaban J connectivity index is 0.000000980. The summed E-state index contributed by atoms with van der Waals surface area (Å²) in [5.41, 5.74) is 0.248. The summed E-state index contributed by atoms with van der Waals surface area (Å²) in [5, 5.41) is 12.4. The van der Waals surface area contributed by atoms with Gasteiger partial charge in [0.05, 0.1) is 5.97 Å². The van der Waals surface area contributed by atoms with Crippen molar-refractivity contribution in [3.05, 3.63) is 48.0 Å². The van der Waals surface area contributed by atoms with Crippen molar-refractivity contribution < 1.29 is 28.8 Å². The third-order valence-corrected chi connectivity index (χ3v) is 2.01. The smallest absolute Gasteiger partial charge is 0.545 e. The van der Waals surface area contributed by atoms with Crippen LogP contribution in [0.15, 0.2) is 42.5 Å². The van der Waals surface area contributed by atoms with Crippen molar-refractivity contribution in [1.29, 1.82) is 0 Å². The van der Waals surface area contributed by atoms with Crippen LogP contribution in [-0.2, 0) is 0 Å². The molecule has 0 aliphatic rings. The topological polar surface area (TPSA) is 40.1 Å². The Morgan fingerprint density at radius 2 is 1.64 bits per heavy atom. The molecule has 0 amide bonds. The van der Waals surface area contributed by atoms with Gasteiger partial charge in [0.1, 0.15) is 0 Å². The number of carboxylic acid groups (broad SMARTS) is 1. The van der Waals surface area contributed by atoms with E-state index in [0.717, 1.165) is 10.8 Å². The summed E-state index contributed by atoms with van der Waals surface area (Å²) in [4.78, 5) is 10.7. The molecule has 64 valence electrons. The maximum Gasteiger partial charge on any atom is 1.00 e. The molecule has 0 N–H and O–H groups in total. The number of rotatable bonds is 1. The number of carbonyl (C=O) groups excluding carboxylic acids is 1. The van der Waals surface area contributed by atoms with E-state index in [9.17, 15) is 9.90 Å². The zero-order chi connectivity index (χ0) is 9.26. The van der Waals surface area contributed by atoms with Gasteiger partial charge in [-0.1, -0.05) is 42.5 Å². The van der Waals surface area contributed by atoms with E-state index in [2.05, 4.69) is 0 Å². The van der Waals surface area contributed by atoms with Gasteiger partial charge >= 0.3 is 18.9 Å². The van der Waals surface area contributed by atoms with Crippen LogP contribution < -0.4 is 24.0 Å². The molecule has 0 aliphatic heterocycles. The Labute approximate surface area is 93.7 Å². The molecule has 0 spiro atoms. The zero-order valence-electron chi connectivity index (χ0n) is 7.86. The van der Waals surface area contributed by atoms with E-state index < -0.39 is 5.97 Å². The summed E-state index contributed by atoms with van der Waals surface area (Å²) in [6.07, 6.45) is 0. The normalized spacial score (nSPS) is 9.43. The minimum Gasteiger partial charge on any atom is -0.545 e. The molecule has 2 aromatic carbocycles. The van der Waals surface area contributed by atoms with Crippen LogP contribution in [0.5, 0.6) is 0 Å². The average Bonchev–Trinajstić information content (AvgIpc) is 2.17. The molecule has 0 saturated heterocycles. The van der Waals surface area contributed by atoms with Crippen LogP contribution in [0, 0.1) is 0 Å². The van der Waals surface area contributed by atoms with Crippen molar-refractivity contribution in [1.82, 2.24) is 0 Å². The van der Waals surface area contributed by atoms with Gasteiger partial charge in [-0.25, -0.2) is 0 Å². The number of carboxylic acids is 1. The predicted octanol–water partition coefficient (Wildman–Crippen LogP) is -1.79. The minimum atomic E-state index is -1.13. The molecule has 0 aromatic heterocycles. The van der Waals surface area contributed by atoms with Gasteiger partial charge in [-0.2, -0.15) is 0 Å². The van der Waals surface area contributed by atoms with Crippen LogP contribution in [0.2, 0.25) is 0 Å². The average molecular weight is 178 g/mol. The first kappa shape index (κ1) is 10.8. The zero-order valence-corrected chi connectivity index (χ0v) is 7.86. The number of hydrogen-bond donors (Lipinski definition) is 0. The van der Waals surface area contributed by atoms with Crippen LogP contribution in [0.4, 0.5) is 0 Å². The largest absolute Gasteiger partial charge is 1.00 e. The number of fused-ring (bicyclic) bond motifs is 1. The molecule has 0 heterocycles. The van der Waals surface area contributed by atoms with Gasteiger partial charge in [-0.15, -0.1) is 0 Å². The van der Waals surface area contributed by atoms with Crippen LogP contribution in [-0.4, -0.2) is 5.97 Å². The Bertz CT molecular complexity index is 460. The maximum atomic E-state index is 10.7. The molecule has 2 nitrogen and oxygen atoms in total. The first-order valence-electron chi connectivity index (χ1n) is 3.98. The fraction of sp³-hybridized carbons (Fsp3) is 0. The Morgan fingerprint density at radius 1 is 1.00 bits per heavy atom. The molecule has 0 aliphatic carbocycles. The van der Waals surface area contributed by atoms with E-state index in [1.807, 2.05) is 24.3 Å². The molecule has 0 saturated carbocycles. The van der Waals surface area contributed by atoms with Gasteiger partial charge in [-0.3, -0.25) is 0 Å². The summed E-state index contributed by atoms with van der Waals surface area (Å²) in [6, 6.07) is 12.5. The summed E-state index contributed by atoms with van der Waals surface area (Å²) in [7, 11) is 0. The summed E-state index contributed by atoms with van der Waals surface area (Å²) in [5.74, 6) is -1.13. The fourth-order valence-corrected chi connectivity index (χ4v) is 1.40. The molecule has 3 heteroatoms. The van der Waals surface area contributed by atoms with Crippen molar-refractivity contribution >= 4 is 16.7 Å². The van der Waals surface area contributed by atoms with Crippen molar-refractivity contribution in [3.63, 3.8) is 0 Å². The molecular formula is C11H7LiO2. The molecule has 0 radical (unpaired) electrons. The summed E-state index contributed by atoms with van der Waals surface area (Å²) < 4.78 is 0. The molecule has 0 unspecified atom stereocenters. The predicted molar refractivity (Wildman–Crippen MR) is 48.3 cm³/mol. The first-order valence-corrected chi connectivity index (χ1v) is 3.98. The van der Waals surface area contributed by atoms with Crippen LogP contribution in [0.25, 0.3) is 10.8 Å². The SMILES string of the molecule is O=C([O-])c1cccc2ccccc12.[Li+]. The van der Waals surface area contributed by atoms with Crippen molar-refractivity contribution in [3.8, 4) is 0 Å². The molecule has 14 heavy (non-hydrogen) atoms. The number of aromatic carboxylic acids is 1. The Morgan fingerprint density at radius 3 is 2.36 bits per heavy atom. The monoisotopic (exact) mass is 178 g/mol. The summed E-state index contributed by atoms with van der Waals surface area (Å²) >= 11 is 0. The first-order chi connectivity index (χ1) is 6.29. The van der Waals surface area contributed by atoms with Crippen LogP contribution >= 0.6 is 0 Å². The molecular weight excluding hydrogens is 171 g/mol. The molecule has 0 atom stereocenters. The molecule has 0 bridgehead atoms. The standard InChI is InChI=1S/C11H8O2.Li/c12-11(13)10-7-3-5-8-4-1-2-6-9(8)10;/h1-7H,(H,12,13);/q;+1/p-1. The Hall–Kier alpha value is -1.23. The summed E-state index contributed by atoms with van der Waals surface area (Å²) in [6.45, 7) is 0. The van der Waals surface area contributed by atoms with Crippen molar-refractivity contribution in [2.75, 3.05) is 0 Å². The van der Waals surface area contributed by atoms with Crippen LogP contribution in [0.1, 0.15) is 10.4 Å². The maximum absolute atomic E-state index is 10.7. The van der Waals surface area contributed by atoms with E-state index >= 15 is 0 Å². The van der Waals surface area contributed by atoms with Gasteiger partial charge in [0.25, 0.3) is 0 Å². The van der Waals surface area contributed by atoms with E-state index in [1.54, 1.807) is 18.2 Å². The third kappa shape index (κ3) is 1.82.